The molecule has 0 aromatic carbocycles. The van der Waals surface area contributed by atoms with Crippen LogP contribution in [-0.4, -0.2) is 23.8 Å². The van der Waals surface area contributed by atoms with Gasteiger partial charge >= 0.3 is 0 Å². The summed E-state index contributed by atoms with van der Waals surface area (Å²) in [6.07, 6.45) is 28.3. The molecule has 1 saturated heterocycles. The molecule has 9 atom stereocenters. The lowest BCUT2D eigenvalue weighted by molar-refractivity contribution is -0.117. The van der Waals surface area contributed by atoms with Crippen molar-refractivity contribution in [3.63, 3.8) is 0 Å². The van der Waals surface area contributed by atoms with Crippen LogP contribution in [0.4, 0.5) is 0 Å². The van der Waals surface area contributed by atoms with E-state index in [9.17, 15) is 9.36 Å². The van der Waals surface area contributed by atoms with Crippen LogP contribution in [0.5, 0.6) is 0 Å². The van der Waals surface area contributed by atoms with Gasteiger partial charge in [-0.2, -0.15) is 0 Å². The highest BCUT2D eigenvalue weighted by Crippen LogP contribution is 2.68. The molecular formula is C38H65O2P. The molecule has 4 saturated carbocycles. The van der Waals surface area contributed by atoms with Gasteiger partial charge in [0.15, 0.2) is 0 Å². The topological polar surface area (TPSA) is 34.1 Å². The Balaban J connectivity index is 0.000000237. The van der Waals surface area contributed by atoms with Gasteiger partial charge in [0, 0.05) is 24.4 Å². The fourth-order valence-electron chi connectivity index (χ4n) is 10.7. The Kier molecular flexibility index (Phi) is 10.1. The number of Topliss-reactive ketones (excluding diaryl/α,β-unsaturated/α-hetero) is 1. The normalized spacial score (nSPS) is 42.9. The van der Waals surface area contributed by atoms with Crippen molar-refractivity contribution in [2.24, 2.45) is 52.3 Å². The zero-order valence-corrected chi connectivity index (χ0v) is 28.8. The van der Waals surface area contributed by atoms with E-state index in [1.54, 1.807) is 51.9 Å². The molecule has 1 aliphatic heterocycles. The molecule has 0 aromatic rings. The van der Waals surface area contributed by atoms with Crippen molar-refractivity contribution in [2.45, 2.75) is 156 Å². The van der Waals surface area contributed by atoms with Crippen LogP contribution in [0.2, 0.25) is 0 Å². The van der Waals surface area contributed by atoms with E-state index in [0.29, 0.717) is 22.9 Å². The van der Waals surface area contributed by atoms with Crippen molar-refractivity contribution < 1.29 is 9.36 Å². The Labute approximate surface area is 254 Å². The molecule has 5 fully saturated rings. The van der Waals surface area contributed by atoms with Gasteiger partial charge in [0.1, 0.15) is 5.78 Å². The number of hydrogen-bond donors (Lipinski definition) is 0. The second-order valence-electron chi connectivity index (χ2n) is 17.0. The maximum Gasteiger partial charge on any atom is 0.129 e. The van der Waals surface area contributed by atoms with Crippen molar-refractivity contribution in [1.82, 2.24) is 0 Å². The van der Waals surface area contributed by atoms with E-state index in [0.717, 1.165) is 66.6 Å². The fraction of sp³-hybridized carbons (Fsp3) is 0.921. The largest absolute Gasteiger partial charge is 0.323 e. The molecule has 5 aliphatic carbocycles. The molecule has 0 bridgehead atoms. The zero-order valence-electron chi connectivity index (χ0n) is 27.9. The van der Waals surface area contributed by atoms with Crippen LogP contribution in [-0.2, 0) is 9.36 Å². The fourth-order valence-corrected chi connectivity index (χ4v) is 13.4. The van der Waals surface area contributed by atoms with Crippen LogP contribution >= 0.6 is 7.14 Å². The molecule has 0 radical (unpaired) electrons. The average Bonchev–Trinajstić information content (AvgIpc) is 3.83. The van der Waals surface area contributed by atoms with Crippen molar-refractivity contribution in [3.8, 4) is 0 Å². The molecule has 1 heterocycles. The summed E-state index contributed by atoms with van der Waals surface area (Å²) < 4.78 is 11.6. The second kappa shape index (κ2) is 12.9. The van der Waals surface area contributed by atoms with Gasteiger partial charge in [-0.05, 0) is 143 Å². The lowest BCUT2D eigenvalue weighted by Crippen LogP contribution is -2.50. The molecule has 0 aromatic heterocycles. The third-order valence-corrected chi connectivity index (χ3v) is 17.3. The summed E-state index contributed by atoms with van der Waals surface area (Å²) in [6, 6.07) is 0. The lowest BCUT2D eigenvalue weighted by atomic mass is 9.46. The summed E-state index contributed by atoms with van der Waals surface area (Å²) in [6.45, 7) is 13.9. The molecule has 6 rings (SSSR count). The SMILES string of the molecule is CC(=O)CCCCP1(=O)CC1C.CC(C)CCCCC1CCC2C3CC=C4CC(C5CC5)CCC4(C)C3CCC12C. The number of unbranched alkanes of at least 4 members (excludes halogenated alkanes) is 2. The van der Waals surface area contributed by atoms with E-state index in [1.807, 2.05) is 5.57 Å². The summed E-state index contributed by atoms with van der Waals surface area (Å²) in [5.41, 5.74) is 3.65. The summed E-state index contributed by atoms with van der Waals surface area (Å²) in [5.74, 6) is 7.39. The average molecular weight is 585 g/mol. The van der Waals surface area contributed by atoms with Crippen LogP contribution in [0, 0.1) is 52.3 Å². The Morgan fingerprint density at radius 2 is 1.71 bits per heavy atom. The predicted octanol–water partition coefficient (Wildman–Crippen LogP) is 11.3. The van der Waals surface area contributed by atoms with Crippen LogP contribution in [0.15, 0.2) is 11.6 Å². The molecule has 3 heteroatoms. The van der Waals surface area contributed by atoms with E-state index in [4.69, 9.17) is 0 Å². The Bertz CT molecular complexity index is 992. The van der Waals surface area contributed by atoms with Crippen LogP contribution < -0.4 is 0 Å². The van der Waals surface area contributed by atoms with Crippen molar-refractivity contribution in [1.29, 1.82) is 0 Å². The number of rotatable bonds is 11. The smallest absolute Gasteiger partial charge is 0.129 e. The molecule has 41 heavy (non-hydrogen) atoms. The summed E-state index contributed by atoms with van der Waals surface area (Å²) in [5, 5.41) is 0. The monoisotopic (exact) mass is 584 g/mol. The molecule has 6 aliphatic rings. The Hall–Kier alpha value is -0.360. The number of allylic oxidation sites excluding steroid dienone is 2. The van der Waals surface area contributed by atoms with E-state index < -0.39 is 7.14 Å². The van der Waals surface area contributed by atoms with Gasteiger partial charge in [0.2, 0.25) is 0 Å². The number of ketones is 1. The summed E-state index contributed by atoms with van der Waals surface area (Å²) in [4.78, 5) is 10.6. The standard InChI is InChI=1S/C29H48.C9H17O2P/c1-20(2)7-5-6-8-23-12-14-26-25-13-11-24-19-22(21-9-10-21)15-17-29(24,4)27(25)16-18-28(23,26)3;1-8(10)5-3-4-6-12(11)7-9(12)2/h11,20-23,25-27H,5-10,12-19H2,1-4H3;9H,3-7H2,1-2H3. The molecule has 234 valence electrons. The van der Waals surface area contributed by atoms with E-state index in [1.165, 1.54) is 44.9 Å². The first-order valence-electron chi connectivity index (χ1n) is 18.2. The van der Waals surface area contributed by atoms with Gasteiger partial charge in [0.05, 0.1) is 7.14 Å². The Morgan fingerprint density at radius 3 is 2.37 bits per heavy atom. The minimum Gasteiger partial charge on any atom is -0.323 e. The highest BCUT2D eigenvalue weighted by Gasteiger charge is 2.58. The second-order valence-corrected chi connectivity index (χ2v) is 20.6. The zero-order chi connectivity index (χ0) is 29.4. The highest BCUT2D eigenvalue weighted by atomic mass is 31.2. The van der Waals surface area contributed by atoms with Crippen molar-refractivity contribution in [3.05, 3.63) is 11.6 Å². The van der Waals surface area contributed by atoms with Crippen LogP contribution in [0.25, 0.3) is 0 Å². The molecule has 0 amide bonds. The molecule has 9 unspecified atom stereocenters. The third kappa shape index (κ3) is 7.15. The molecule has 0 N–H and O–H groups in total. The van der Waals surface area contributed by atoms with Gasteiger partial charge < -0.3 is 9.36 Å². The van der Waals surface area contributed by atoms with Crippen molar-refractivity contribution >= 4 is 12.9 Å². The maximum atomic E-state index is 11.6. The van der Waals surface area contributed by atoms with Crippen molar-refractivity contribution in [2.75, 3.05) is 12.3 Å². The Morgan fingerprint density at radius 1 is 0.951 bits per heavy atom. The lowest BCUT2D eigenvalue weighted by Gasteiger charge is -2.58. The van der Waals surface area contributed by atoms with Gasteiger partial charge in [-0.25, -0.2) is 0 Å². The minimum atomic E-state index is -1.68. The minimum absolute atomic E-state index is 0.247. The van der Waals surface area contributed by atoms with E-state index in [2.05, 4.69) is 40.7 Å². The van der Waals surface area contributed by atoms with Gasteiger partial charge in [-0.1, -0.05) is 65.5 Å². The molecule has 2 nitrogen and oxygen atoms in total. The first kappa shape index (κ1) is 32.0. The number of carbonyl (C=O) groups is 1. The van der Waals surface area contributed by atoms with Gasteiger partial charge in [0.25, 0.3) is 0 Å². The quantitative estimate of drug-likeness (QED) is 0.137. The summed E-state index contributed by atoms with van der Waals surface area (Å²) >= 11 is 0. The third-order valence-electron chi connectivity index (χ3n) is 13.8. The van der Waals surface area contributed by atoms with Gasteiger partial charge in [-0.3, -0.25) is 0 Å². The molecule has 0 spiro atoms. The van der Waals surface area contributed by atoms with Gasteiger partial charge in [-0.15, -0.1) is 0 Å². The predicted molar refractivity (Wildman–Crippen MR) is 176 cm³/mol. The first-order chi connectivity index (χ1) is 19.5. The van der Waals surface area contributed by atoms with Crippen LogP contribution in [0.3, 0.4) is 0 Å². The first-order valence-corrected chi connectivity index (χ1v) is 20.4. The maximum absolute atomic E-state index is 11.6. The number of hydrogen-bond acceptors (Lipinski definition) is 2. The molecular weight excluding hydrogens is 519 g/mol. The number of carbonyl (C=O) groups excluding carboxylic acids is 1. The highest BCUT2D eigenvalue weighted by molar-refractivity contribution is 7.72. The van der Waals surface area contributed by atoms with E-state index >= 15 is 0 Å². The van der Waals surface area contributed by atoms with E-state index in [-0.39, 0.29) is 5.78 Å². The number of fused-ring (bicyclic) bond motifs is 5. The van der Waals surface area contributed by atoms with Crippen LogP contribution in [0.1, 0.15) is 151 Å². The summed E-state index contributed by atoms with van der Waals surface area (Å²) in [7, 11) is -1.68.